The maximum atomic E-state index is 12.1. The highest BCUT2D eigenvalue weighted by Crippen LogP contribution is 2.21. The predicted molar refractivity (Wildman–Crippen MR) is 57.9 cm³/mol. The maximum Gasteiger partial charge on any atom is 0.471 e. The number of alkyl halides is 3. The largest absolute Gasteiger partial charge is 0.471 e. The Morgan fingerprint density at radius 1 is 1.32 bits per heavy atom. The van der Waals surface area contributed by atoms with Crippen LogP contribution in [0.15, 0.2) is 18.2 Å². The molecule has 1 amide bonds. The molecule has 0 atom stereocenters. The van der Waals surface area contributed by atoms with Gasteiger partial charge in [0.15, 0.2) is 6.29 Å². The van der Waals surface area contributed by atoms with Crippen molar-refractivity contribution < 1.29 is 32.3 Å². The van der Waals surface area contributed by atoms with Crippen LogP contribution in [0.4, 0.5) is 18.9 Å². The number of methoxy groups -OCH3 is 1. The average molecular weight is 275 g/mol. The molecule has 0 aliphatic rings. The quantitative estimate of drug-likeness (QED) is 0.674. The summed E-state index contributed by atoms with van der Waals surface area (Å²) in [6.07, 6.45) is -4.84. The highest BCUT2D eigenvalue weighted by atomic mass is 19.4. The summed E-state index contributed by atoms with van der Waals surface area (Å²) >= 11 is 0. The second kappa shape index (κ2) is 5.51. The molecule has 1 aromatic carbocycles. The first kappa shape index (κ1) is 14.7. The molecule has 102 valence electrons. The smallest absolute Gasteiger partial charge is 0.465 e. The minimum Gasteiger partial charge on any atom is -0.465 e. The lowest BCUT2D eigenvalue weighted by Crippen LogP contribution is -2.30. The lowest BCUT2D eigenvalue weighted by molar-refractivity contribution is -0.167. The molecule has 0 bridgehead atoms. The van der Waals surface area contributed by atoms with E-state index in [1.165, 1.54) is 11.4 Å². The highest BCUT2D eigenvalue weighted by molar-refractivity contribution is 6.01. The van der Waals surface area contributed by atoms with Gasteiger partial charge in [-0.15, -0.1) is 0 Å². The molecule has 0 unspecified atom stereocenters. The van der Waals surface area contributed by atoms with E-state index >= 15 is 0 Å². The molecule has 0 radical (unpaired) electrons. The molecule has 0 aliphatic carbocycles. The Hall–Kier alpha value is -2.38. The number of hydrogen-bond donors (Lipinski definition) is 1. The van der Waals surface area contributed by atoms with E-state index in [2.05, 4.69) is 4.74 Å². The third kappa shape index (κ3) is 3.54. The van der Waals surface area contributed by atoms with Gasteiger partial charge >= 0.3 is 18.1 Å². The standard InChI is InChI=1S/C11H8F3NO4/c1-19-9(17)6-2-3-7(5-16)8(4-6)15-10(18)11(12,13)14/h2-5H,1H3,(H,15,18). The number of anilines is 1. The van der Waals surface area contributed by atoms with Crippen molar-refractivity contribution in [1.82, 2.24) is 0 Å². The van der Waals surface area contributed by atoms with Crippen LogP contribution in [0.2, 0.25) is 0 Å². The number of carbonyl (C=O) groups is 3. The summed E-state index contributed by atoms with van der Waals surface area (Å²) < 4.78 is 40.7. The lowest BCUT2D eigenvalue weighted by atomic mass is 10.1. The normalized spacial score (nSPS) is 10.7. The van der Waals surface area contributed by atoms with Gasteiger partial charge in [0.1, 0.15) is 0 Å². The molecule has 0 fully saturated rings. The number of nitrogens with one attached hydrogen (secondary N) is 1. The van der Waals surface area contributed by atoms with Crippen LogP contribution in [0, 0.1) is 0 Å². The summed E-state index contributed by atoms with van der Waals surface area (Å²) in [5.41, 5.74) is -0.698. The van der Waals surface area contributed by atoms with Crippen molar-refractivity contribution in [2.45, 2.75) is 6.18 Å². The minimum absolute atomic E-state index is 0.0921. The number of ether oxygens (including phenoxy) is 1. The van der Waals surface area contributed by atoms with E-state index in [9.17, 15) is 27.6 Å². The molecule has 1 N–H and O–H groups in total. The predicted octanol–water partition coefficient (Wildman–Crippen LogP) is 1.79. The number of amides is 1. The van der Waals surface area contributed by atoms with E-state index in [0.29, 0.717) is 0 Å². The van der Waals surface area contributed by atoms with Gasteiger partial charge < -0.3 is 10.1 Å². The fourth-order valence-electron chi connectivity index (χ4n) is 1.21. The van der Waals surface area contributed by atoms with Gasteiger partial charge in [-0.2, -0.15) is 13.2 Å². The number of esters is 1. The Balaban J connectivity index is 3.13. The van der Waals surface area contributed by atoms with E-state index in [1.54, 1.807) is 0 Å². The van der Waals surface area contributed by atoms with E-state index < -0.39 is 23.7 Å². The number of hydrogen-bond acceptors (Lipinski definition) is 4. The van der Waals surface area contributed by atoms with Crippen molar-refractivity contribution in [1.29, 1.82) is 0 Å². The fourth-order valence-corrected chi connectivity index (χ4v) is 1.21. The molecular weight excluding hydrogens is 267 g/mol. The minimum atomic E-state index is -5.10. The van der Waals surface area contributed by atoms with Gasteiger partial charge in [-0.05, 0) is 18.2 Å². The first-order valence-electron chi connectivity index (χ1n) is 4.85. The molecule has 8 heteroatoms. The van der Waals surface area contributed by atoms with Gasteiger partial charge in [0, 0.05) is 5.56 Å². The number of carbonyl (C=O) groups excluding carboxylic acids is 3. The second-order valence-electron chi connectivity index (χ2n) is 3.36. The van der Waals surface area contributed by atoms with E-state index in [1.807, 2.05) is 0 Å². The molecule has 0 aliphatic heterocycles. The average Bonchev–Trinajstić information content (AvgIpc) is 2.36. The molecule has 1 aromatic rings. The third-order valence-electron chi connectivity index (χ3n) is 2.11. The molecule has 0 aromatic heterocycles. The van der Waals surface area contributed by atoms with E-state index in [4.69, 9.17) is 0 Å². The van der Waals surface area contributed by atoms with Gasteiger partial charge in [-0.1, -0.05) is 0 Å². The fraction of sp³-hybridized carbons (Fsp3) is 0.182. The van der Waals surface area contributed by atoms with Crippen LogP contribution < -0.4 is 5.32 Å². The molecule has 19 heavy (non-hydrogen) atoms. The molecular formula is C11H8F3NO4. The zero-order chi connectivity index (χ0) is 14.6. The van der Waals surface area contributed by atoms with Crippen LogP contribution in [0.1, 0.15) is 20.7 Å². The summed E-state index contributed by atoms with van der Waals surface area (Å²) in [4.78, 5) is 32.6. The van der Waals surface area contributed by atoms with Crippen LogP contribution in [0.5, 0.6) is 0 Å². The lowest BCUT2D eigenvalue weighted by Gasteiger charge is -2.10. The van der Waals surface area contributed by atoms with Crippen molar-refractivity contribution >= 4 is 23.9 Å². The van der Waals surface area contributed by atoms with Crippen LogP contribution in [0.3, 0.4) is 0 Å². The third-order valence-corrected chi connectivity index (χ3v) is 2.11. The molecule has 1 rings (SSSR count). The van der Waals surface area contributed by atoms with Gasteiger partial charge in [0.25, 0.3) is 0 Å². The first-order chi connectivity index (χ1) is 8.79. The van der Waals surface area contributed by atoms with Crippen LogP contribution in [-0.2, 0) is 9.53 Å². The van der Waals surface area contributed by atoms with Gasteiger partial charge in [-0.25, -0.2) is 4.79 Å². The molecule has 5 nitrogen and oxygen atoms in total. The zero-order valence-corrected chi connectivity index (χ0v) is 9.58. The van der Waals surface area contributed by atoms with Gasteiger partial charge in [0.05, 0.1) is 18.4 Å². The number of benzene rings is 1. The Morgan fingerprint density at radius 3 is 2.42 bits per heavy atom. The molecule has 0 heterocycles. The summed E-state index contributed by atoms with van der Waals surface area (Å²) in [5, 5.41) is 1.52. The summed E-state index contributed by atoms with van der Waals surface area (Å²) in [6, 6.07) is 3.23. The Bertz CT molecular complexity index is 525. The number of aldehydes is 1. The van der Waals surface area contributed by atoms with Crippen LogP contribution in [-0.4, -0.2) is 31.4 Å². The van der Waals surface area contributed by atoms with Crippen molar-refractivity contribution in [3.63, 3.8) is 0 Å². The van der Waals surface area contributed by atoms with Crippen molar-refractivity contribution in [2.24, 2.45) is 0 Å². The van der Waals surface area contributed by atoms with Gasteiger partial charge in [-0.3, -0.25) is 9.59 Å². The van der Waals surface area contributed by atoms with Crippen molar-refractivity contribution in [3.8, 4) is 0 Å². The number of rotatable bonds is 3. The highest BCUT2D eigenvalue weighted by Gasteiger charge is 2.39. The Morgan fingerprint density at radius 2 is 1.95 bits per heavy atom. The Labute approximate surface area is 105 Å². The monoisotopic (exact) mass is 275 g/mol. The zero-order valence-electron chi connectivity index (χ0n) is 9.58. The van der Waals surface area contributed by atoms with Gasteiger partial charge in [0.2, 0.25) is 0 Å². The Kier molecular flexibility index (Phi) is 4.26. The summed E-state index contributed by atoms with van der Waals surface area (Å²) in [7, 11) is 1.09. The first-order valence-corrected chi connectivity index (χ1v) is 4.85. The van der Waals surface area contributed by atoms with E-state index in [-0.39, 0.29) is 17.4 Å². The second-order valence-corrected chi connectivity index (χ2v) is 3.36. The maximum absolute atomic E-state index is 12.1. The van der Waals surface area contributed by atoms with Crippen molar-refractivity contribution in [3.05, 3.63) is 29.3 Å². The van der Waals surface area contributed by atoms with Crippen LogP contribution in [0.25, 0.3) is 0 Å². The summed E-state index contributed by atoms with van der Waals surface area (Å²) in [5.74, 6) is -3.04. The molecule has 0 spiro atoms. The molecule has 0 saturated carbocycles. The van der Waals surface area contributed by atoms with Crippen molar-refractivity contribution in [2.75, 3.05) is 12.4 Å². The summed E-state index contributed by atoms with van der Waals surface area (Å²) in [6.45, 7) is 0. The topological polar surface area (TPSA) is 72.5 Å². The number of halogens is 3. The molecule has 0 saturated heterocycles. The van der Waals surface area contributed by atoms with Crippen LogP contribution >= 0.6 is 0 Å². The van der Waals surface area contributed by atoms with E-state index in [0.717, 1.165) is 19.2 Å². The SMILES string of the molecule is COC(=O)c1ccc(C=O)c(NC(=O)C(F)(F)F)c1.